The molecule has 0 saturated carbocycles. The Labute approximate surface area is 352 Å². The van der Waals surface area contributed by atoms with Crippen LogP contribution < -0.4 is 4.90 Å². The van der Waals surface area contributed by atoms with Crippen LogP contribution in [0.3, 0.4) is 0 Å². The summed E-state index contributed by atoms with van der Waals surface area (Å²) in [5.74, 6) is 0. The fourth-order valence-electron chi connectivity index (χ4n) is 9.41. The fourth-order valence-corrected chi connectivity index (χ4v) is 10.8. The third-order valence-corrected chi connectivity index (χ3v) is 13.5. The molecule has 12 aromatic rings. The Balaban J connectivity index is 1.08. The van der Waals surface area contributed by atoms with E-state index in [4.69, 9.17) is 0 Å². The van der Waals surface area contributed by atoms with Gasteiger partial charge in [-0.25, -0.2) is 0 Å². The summed E-state index contributed by atoms with van der Waals surface area (Å²) in [7, 11) is 0. The molecule has 11 aromatic carbocycles. The molecule has 0 N–H and O–H groups in total. The molecule has 0 fully saturated rings. The maximum absolute atomic E-state index is 2.49. The van der Waals surface area contributed by atoms with Crippen LogP contribution in [-0.4, -0.2) is 0 Å². The van der Waals surface area contributed by atoms with E-state index in [1.165, 1.54) is 102 Å². The van der Waals surface area contributed by atoms with Crippen LogP contribution in [0.25, 0.3) is 96.6 Å². The SMILES string of the molecule is c1ccc(-c2cccc3cccc(-c4ccc(N(c5ccc(-c6ccc7ccccc7c6)c6ccccc56)c5cccc6c5sc5c7ccccc7ccc65)cc4)c23)cc1. The van der Waals surface area contributed by atoms with E-state index < -0.39 is 0 Å². The predicted molar refractivity (Wildman–Crippen MR) is 260 cm³/mol. The number of benzene rings is 11. The van der Waals surface area contributed by atoms with Gasteiger partial charge in [0.2, 0.25) is 0 Å². The summed E-state index contributed by atoms with van der Waals surface area (Å²) >= 11 is 1.90. The lowest BCUT2D eigenvalue weighted by atomic mass is 9.91. The Morgan fingerprint density at radius 1 is 0.283 bits per heavy atom. The third kappa shape index (κ3) is 5.61. The lowest BCUT2D eigenvalue weighted by Crippen LogP contribution is -2.11. The molecule has 12 rings (SSSR count). The van der Waals surface area contributed by atoms with Gasteiger partial charge in [0.05, 0.1) is 16.1 Å². The van der Waals surface area contributed by atoms with Crippen LogP contribution in [0.4, 0.5) is 17.1 Å². The molecule has 2 heteroatoms. The highest BCUT2D eigenvalue weighted by molar-refractivity contribution is 7.27. The maximum atomic E-state index is 2.49. The van der Waals surface area contributed by atoms with Crippen molar-refractivity contribution in [3.63, 3.8) is 0 Å². The van der Waals surface area contributed by atoms with E-state index in [1.54, 1.807) is 0 Å². The number of hydrogen-bond donors (Lipinski definition) is 0. The van der Waals surface area contributed by atoms with Gasteiger partial charge in [0, 0.05) is 26.5 Å². The predicted octanol–water partition coefficient (Wildman–Crippen LogP) is 17.1. The van der Waals surface area contributed by atoms with Gasteiger partial charge in [-0.15, -0.1) is 11.3 Å². The first-order chi connectivity index (χ1) is 29.8. The zero-order chi connectivity index (χ0) is 39.6. The lowest BCUT2D eigenvalue weighted by molar-refractivity contribution is 1.32. The molecule has 0 amide bonds. The van der Waals surface area contributed by atoms with E-state index in [0.717, 1.165) is 11.4 Å². The van der Waals surface area contributed by atoms with Crippen molar-refractivity contribution in [2.45, 2.75) is 0 Å². The first-order valence-electron chi connectivity index (χ1n) is 20.6. The average molecular weight is 780 g/mol. The summed E-state index contributed by atoms with van der Waals surface area (Å²) in [5.41, 5.74) is 10.8. The Bertz CT molecular complexity index is 3590. The van der Waals surface area contributed by atoms with E-state index in [0.29, 0.717) is 0 Å². The molecule has 0 unspecified atom stereocenters. The van der Waals surface area contributed by atoms with Crippen molar-refractivity contribution in [1.29, 1.82) is 0 Å². The quantitative estimate of drug-likeness (QED) is 0.162. The molecule has 0 radical (unpaired) electrons. The van der Waals surface area contributed by atoms with Crippen molar-refractivity contribution in [1.82, 2.24) is 0 Å². The minimum Gasteiger partial charge on any atom is -0.308 e. The summed E-state index contributed by atoms with van der Waals surface area (Å²) in [6.07, 6.45) is 0. The minimum atomic E-state index is 1.11. The monoisotopic (exact) mass is 779 g/mol. The molecule has 0 aliphatic rings. The molecular weight excluding hydrogens is 743 g/mol. The smallest absolute Gasteiger partial charge is 0.0640 e. The van der Waals surface area contributed by atoms with E-state index in [-0.39, 0.29) is 0 Å². The molecule has 1 nitrogen and oxygen atoms in total. The summed E-state index contributed by atoms with van der Waals surface area (Å²) < 4.78 is 2.60. The van der Waals surface area contributed by atoms with Crippen molar-refractivity contribution >= 4 is 91.7 Å². The highest BCUT2D eigenvalue weighted by Crippen LogP contribution is 2.49. The van der Waals surface area contributed by atoms with Crippen LogP contribution in [-0.2, 0) is 0 Å². The molecule has 1 heterocycles. The molecule has 280 valence electrons. The van der Waals surface area contributed by atoms with Gasteiger partial charge in [0.15, 0.2) is 0 Å². The fraction of sp³-hybridized carbons (Fsp3) is 0. The summed E-state index contributed by atoms with van der Waals surface area (Å²) in [6.45, 7) is 0. The van der Waals surface area contributed by atoms with Crippen molar-refractivity contribution < 1.29 is 0 Å². The van der Waals surface area contributed by atoms with Gasteiger partial charge in [-0.2, -0.15) is 0 Å². The molecule has 0 spiro atoms. The van der Waals surface area contributed by atoms with Crippen LogP contribution in [0.1, 0.15) is 0 Å². The van der Waals surface area contributed by atoms with E-state index >= 15 is 0 Å². The van der Waals surface area contributed by atoms with Crippen molar-refractivity contribution in [2.24, 2.45) is 0 Å². The van der Waals surface area contributed by atoms with Crippen LogP contribution in [0, 0.1) is 0 Å². The van der Waals surface area contributed by atoms with E-state index in [1.807, 2.05) is 11.3 Å². The molecular formula is C58H37NS. The molecule has 0 bridgehead atoms. The Morgan fingerprint density at radius 3 is 1.67 bits per heavy atom. The number of rotatable bonds is 6. The maximum Gasteiger partial charge on any atom is 0.0640 e. The van der Waals surface area contributed by atoms with Gasteiger partial charge >= 0.3 is 0 Å². The number of fused-ring (bicyclic) bond motifs is 8. The van der Waals surface area contributed by atoms with Crippen molar-refractivity contribution in [3.8, 4) is 33.4 Å². The molecule has 60 heavy (non-hydrogen) atoms. The highest BCUT2D eigenvalue weighted by atomic mass is 32.1. The largest absolute Gasteiger partial charge is 0.308 e. The Kier molecular flexibility index (Phi) is 8.11. The second-order valence-corrected chi connectivity index (χ2v) is 16.6. The van der Waals surface area contributed by atoms with Gasteiger partial charge in [-0.3, -0.25) is 0 Å². The zero-order valence-corrected chi connectivity index (χ0v) is 33.5. The van der Waals surface area contributed by atoms with Gasteiger partial charge in [0.1, 0.15) is 0 Å². The topological polar surface area (TPSA) is 3.24 Å². The minimum absolute atomic E-state index is 1.11. The summed E-state index contributed by atoms with van der Waals surface area (Å²) in [6, 6.07) is 82.5. The summed E-state index contributed by atoms with van der Waals surface area (Å²) in [4.78, 5) is 2.49. The molecule has 0 atom stereocenters. The van der Waals surface area contributed by atoms with Crippen molar-refractivity contribution in [3.05, 3.63) is 224 Å². The Morgan fingerprint density at radius 2 is 0.867 bits per heavy atom. The highest BCUT2D eigenvalue weighted by Gasteiger charge is 2.22. The lowest BCUT2D eigenvalue weighted by Gasteiger charge is -2.28. The molecule has 0 saturated heterocycles. The van der Waals surface area contributed by atoms with E-state index in [9.17, 15) is 0 Å². The van der Waals surface area contributed by atoms with Gasteiger partial charge in [-0.05, 0) is 101 Å². The molecule has 1 aromatic heterocycles. The average Bonchev–Trinajstić information content (AvgIpc) is 3.72. The van der Waals surface area contributed by atoms with Crippen LogP contribution in [0.2, 0.25) is 0 Å². The first kappa shape index (κ1) is 34.5. The number of nitrogens with zero attached hydrogens (tertiary/aromatic N) is 1. The molecule has 0 aliphatic carbocycles. The third-order valence-electron chi connectivity index (χ3n) is 12.2. The van der Waals surface area contributed by atoms with Crippen LogP contribution >= 0.6 is 11.3 Å². The van der Waals surface area contributed by atoms with E-state index in [2.05, 4.69) is 229 Å². The van der Waals surface area contributed by atoms with Gasteiger partial charge < -0.3 is 4.90 Å². The standard InChI is InChI=1S/C58H37NS/c1-2-14-39(15-3-1)47-23-10-18-42-19-11-24-48(56(42)47)41-29-32-45(33-30-41)59(55-26-12-25-52-53-34-31-40-16-6-7-20-49(40)57(53)60-58(52)55)54-36-35-46(50-21-8-9-22-51(50)54)44-28-27-38-13-4-5-17-43(38)37-44/h1-37H. The normalized spacial score (nSPS) is 11.7. The number of hydrogen-bond acceptors (Lipinski definition) is 2. The zero-order valence-electron chi connectivity index (χ0n) is 32.7. The molecule has 0 aliphatic heterocycles. The second-order valence-electron chi connectivity index (χ2n) is 15.6. The second kappa shape index (κ2) is 14.1. The van der Waals surface area contributed by atoms with Gasteiger partial charge in [-0.1, -0.05) is 194 Å². The first-order valence-corrected chi connectivity index (χ1v) is 21.4. The number of anilines is 3. The number of thiophene rings is 1. The van der Waals surface area contributed by atoms with Crippen LogP contribution in [0.5, 0.6) is 0 Å². The van der Waals surface area contributed by atoms with Gasteiger partial charge in [0.25, 0.3) is 0 Å². The van der Waals surface area contributed by atoms with Crippen LogP contribution in [0.15, 0.2) is 224 Å². The Hall–Kier alpha value is -7.52. The summed E-state index contributed by atoms with van der Waals surface area (Å²) in [5, 5.41) is 12.6. The van der Waals surface area contributed by atoms with Crippen molar-refractivity contribution in [2.75, 3.05) is 4.90 Å².